The molecule has 8 nitrogen and oxygen atoms in total. The summed E-state index contributed by atoms with van der Waals surface area (Å²) >= 11 is 12.3. The Kier molecular flexibility index (Phi) is 5.86. The second-order valence-corrected chi connectivity index (χ2v) is 7.95. The Morgan fingerprint density at radius 1 is 1.35 bits per heavy atom. The van der Waals surface area contributed by atoms with Gasteiger partial charge < -0.3 is 15.5 Å². The van der Waals surface area contributed by atoms with Gasteiger partial charge >= 0.3 is 6.03 Å². The maximum Gasteiger partial charge on any atom is 0.333 e. The Bertz CT molecular complexity index is 1180. The summed E-state index contributed by atoms with van der Waals surface area (Å²) in [7, 11) is 0. The minimum Gasteiger partial charge on any atom is -0.513 e. The number of aliphatic hydroxyl groups is 2. The van der Waals surface area contributed by atoms with Gasteiger partial charge in [0.15, 0.2) is 0 Å². The van der Waals surface area contributed by atoms with Crippen LogP contribution in [0.3, 0.4) is 0 Å². The second kappa shape index (κ2) is 8.58. The van der Waals surface area contributed by atoms with E-state index in [1.807, 2.05) is 6.07 Å². The van der Waals surface area contributed by atoms with Crippen LogP contribution in [0.2, 0.25) is 10.0 Å². The summed E-state index contributed by atoms with van der Waals surface area (Å²) in [4.78, 5) is 23.0. The zero-order valence-corrected chi connectivity index (χ0v) is 18.0. The van der Waals surface area contributed by atoms with E-state index < -0.39 is 0 Å². The van der Waals surface area contributed by atoms with Crippen molar-refractivity contribution in [3.8, 4) is 11.3 Å². The molecule has 2 aromatic heterocycles. The highest BCUT2D eigenvalue weighted by molar-refractivity contribution is 6.33. The van der Waals surface area contributed by atoms with Gasteiger partial charge in [-0.3, -0.25) is 9.47 Å². The number of anilines is 1. The first-order chi connectivity index (χ1) is 14.9. The molecular formula is C21H19Cl2N5O3. The summed E-state index contributed by atoms with van der Waals surface area (Å²) in [5, 5.41) is 22.8. The maximum atomic E-state index is 13.0. The fraction of sp³-hybridized carbons (Fsp3) is 0.190. The molecule has 0 saturated carbocycles. The number of carbonyl (C=O) groups is 1. The molecule has 4 rings (SSSR count). The molecule has 0 fully saturated rings. The van der Waals surface area contributed by atoms with Gasteiger partial charge in [0.1, 0.15) is 6.26 Å². The first-order valence-corrected chi connectivity index (χ1v) is 10.2. The van der Waals surface area contributed by atoms with Gasteiger partial charge in [0.2, 0.25) is 5.95 Å². The summed E-state index contributed by atoms with van der Waals surface area (Å²) in [6, 6.07) is 8.19. The van der Waals surface area contributed by atoms with E-state index in [9.17, 15) is 15.0 Å². The molecule has 31 heavy (non-hydrogen) atoms. The van der Waals surface area contributed by atoms with Crippen LogP contribution in [-0.4, -0.2) is 48.3 Å². The molecule has 3 heterocycles. The van der Waals surface area contributed by atoms with Crippen LogP contribution in [-0.2, 0) is 6.54 Å². The van der Waals surface area contributed by atoms with Crippen LogP contribution < -0.4 is 5.32 Å². The molecule has 0 unspecified atom stereocenters. The molecule has 0 aliphatic carbocycles. The Hall–Kier alpha value is -3.07. The number of aromatic nitrogens is 3. The molecule has 0 bridgehead atoms. The van der Waals surface area contributed by atoms with E-state index in [0.29, 0.717) is 44.2 Å². The quantitative estimate of drug-likeness (QED) is 0.472. The van der Waals surface area contributed by atoms with Crippen LogP contribution in [0.25, 0.3) is 17.0 Å². The Labute approximate surface area is 188 Å². The fourth-order valence-electron chi connectivity index (χ4n) is 3.34. The van der Waals surface area contributed by atoms with E-state index in [0.717, 1.165) is 6.26 Å². The van der Waals surface area contributed by atoms with Crippen molar-refractivity contribution in [3.63, 3.8) is 0 Å². The fourth-order valence-corrected chi connectivity index (χ4v) is 3.73. The van der Waals surface area contributed by atoms with Gasteiger partial charge in [0.05, 0.1) is 35.8 Å². The highest BCUT2D eigenvalue weighted by atomic mass is 35.5. The maximum absolute atomic E-state index is 13.0. The predicted octanol–water partition coefficient (Wildman–Crippen LogP) is 4.38. The van der Waals surface area contributed by atoms with Crippen molar-refractivity contribution in [3.05, 3.63) is 70.3 Å². The Morgan fingerprint density at radius 2 is 2.16 bits per heavy atom. The molecule has 160 valence electrons. The van der Waals surface area contributed by atoms with Crippen molar-refractivity contribution in [2.45, 2.75) is 19.5 Å². The predicted molar refractivity (Wildman–Crippen MR) is 119 cm³/mol. The summed E-state index contributed by atoms with van der Waals surface area (Å²) < 4.78 is 1.49. The van der Waals surface area contributed by atoms with Crippen LogP contribution in [0.5, 0.6) is 0 Å². The molecular weight excluding hydrogens is 441 g/mol. The number of rotatable bonds is 6. The lowest BCUT2D eigenvalue weighted by atomic mass is 10.1. The molecule has 10 heteroatoms. The lowest BCUT2D eigenvalue weighted by molar-refractivity contribution is 0.226. The lowest BCUT2D eigenvalue weighted by Gasteiger charge is -2.18. The molecule has 3 aromatic rings. The van der Waals surface area contributed by atoms with Gasteiger partial charge in [0, 0.05) is 34.1 Å². The average molecular weight is 460 g/mol. The normalized spacial score (nSPS) is 14.6. The van der Waals surface area contributed by atoms with E-state index in [2.05, 4.69) is 15.3 Å². The topological polar surface area (TPSA) is 104 Å². The molecule has 1 aliphatic heterocycles. The van der Waals surface area contributed by atoms with E-state index >= 15 is 0 Å². The summed E-state index contributed by atoms with van der Waals surface area (Å²) in [5.41, 5.74) is 2.82. The minimum absolute atomic E-state index is 0.0699. The van der Waals surface area contributed by atoms with Crippen molar-refractivity contribution < 1.29 is 15.0 Å². The number of carbonyl (C=O) groups excluding carboxylic acids is 1. The molecule has 1 aliphatic rings. The number of nitrogens with zero attached hydrogens (tertiary/aromatic N) is 4. The number of hydrogen-bond donors (Lipinski definition) is 3. The average Bonchev–Trinajstić information content (AvgIpc) is 3.30. The number of nitrogens with one attached hydrogen (secondary N) is 1. The SMILES string of the molecule is C[C@@H](CO)Nc1ncc(Cl)c(-c2cc3n(c2)C(=O)N(/C(=C/O)c2cccc(Cl)c2)C3)n1. The minimum atomic E-state index is -0.320. The van der Waals surface area contributed by atoms with Crippen LogP contribution in [0, 0.1) is 0 Å². The van der Waals surface area contributed by atoms with E-state index in [4.69, 9.17) is 23.2 Å². The lowest BCUT2D eigenvalue weighted by Crippen LogP contribution is -2.24. The third kappa shape index (κ3) is 4.10. The van der Waals surface area contributed by atoms with Gasteiger partial charge in [-0.2, -0.15) is 0 Å². The molecule has 0 radical (unpaired) electrons. The van der Waals surface area contributed by atoms with Crippen molar-refractivity contribution in [2.24, 2.45) is 0 Å². The van der Waals surface area contributed by atoms with Crippen LogP contribution in [0.1, 0.15) is 18.2 Å². The highest BCUT2D eigenvalue weighted by Gasteiger charge is 2.31. The van der Waals surface area contributed by atoms with Gasteiger partial charge in [-0.1, -0.05) is 35.3 Å². The molecule has 0 spiro atoms. The standard InChI is InChI=1S/C21H19Cl2N5O3/c1-12(10-29)25-20-24-7-17(23)19(26-20)14-6-16-9-28(21(31)27(16)8-14)18(11-30)13-3-2-4-15(22)5-13/h2-8,11-12,29-30H,9-10H2,1H3,(H,24,25,26)/b18-11+/t12-/m0/s1. The largest absolute Gasteiger partial charge is 0.513 e. The van der Waals surface area contributed by atoms with Crippen LogP contribution in [0.15, 0.2) is 49.0 Å². The van der Waals surface area contributed by atoms with Crippen LogP contribution in [0.4, 0.5) is 10.7 Å². The second-order valence-electron chi connectivity index (χ2n) is 7.10. The molecule has 0 saturated heterocycles. The van der Waals surface area contributed by atoms with Crippen molar-refractivity contribution in [1.82, 2.24) is 19.4 Å². The van der Waals surface area contributed by atoms with Crippen LogP contribution >= 0.6 is 23.2 Å². The molecule has 1 aromatic carbocycles. The van der Waals surface area contributed by atoms with Gasteiger partial charge in [0.25, 0.3) is 0 Å². The third-order valence-electron chi connectivity index (χ3n) is 4.86. The smallest absolute Gasteiger partial charge is 0.333 e. The zero-order chi connectivity index (χ0) is 22.1. The Morgan fingerprint density at radius 3 is 2.84 bits per heavy atom. The monoisotopic (exact) mass is 459 g/mol. The summed E-state index contributed by atoms with van der Waals surface area (Å²) in [5.74, 6) is 0.326. The van der Waals surface area contributed by atoms with Crippen molar-refractivity contribution in [1.29, 1.82) is 0 Å². The number of aliphatic hydroxyl groups excluding tert-OH is 2. The number of benzene rings is 1. The highest BCUT2D eigenvalue weighted by Crippen LogP contribution is 2.34. The number of fused-ring (bicyclic) bond motifs is 1. The van der Waals surface area contributed by atoms with E-state index in [1.165, 1.54) is 15.7 Å². The first kappa shape index (κ1) is 21.2. The third-order valence-corrected chi connectivity index (χ3v) is 5.37. The summed E-state index contributed by atoms with van der Waals surface area (Å²) in [6.45, 7) is 1.98. The number of hydrogen-bond acceptors (Lipinski definition) is 6. The number of halogens is 2. The molecule has 1 atom stereocenters. The van der Waals surface area contributed by atoms with E-state index in [1.54, 1.807) is 37.4 Å². The molecule has 3 N–H and O–H groups in total. The van der Waals surface area contributed by atoms with Crippen molar-refractivity contribution >= 4 is 40.9 Å². The van der Waals surface area contributed by atoms with Gasteiger partial charge in [-0.15, -0.1) is 0 Å². The first-order valence-electron chi connectivity index (χ1n) is 9.45. The molecule has 1 amide bonds. The zero-order valence-electron chi connectivity index (χ0n) is 16.5. The van der Waals surface area contributed by atoms with Gasteiger partial charge in [-0.25, -0.2) is 14.8 Å². The Balaban J connectivity index is 1.62. The summed E-state index contributed by atoms with van der Waals surface area (Å²) in [6.07, 6.45) is 4.02. The van der Waals surface area contributed by atoms with Gasteiger partial charge in [-0.05, 0) is 25.1 Å². The van der Waals surface area contributed by atoms with E-state index in [-0.39, 0.29) is 25.2 Å². The van der Waals surface area contributed by atoms with Crippen molar-refractivity contribution in [2.75, 3.05) is 11.9 Å². The number of amides is 1.